The molecule has 5 rings (SSSR count). The number of carbonyl (C=O) groups excluding carboxylic acids is 2. The number of hydrogen-bond acceptors (Lipinski definition) is 4. The summed E-state index contributed by atoms with van der Waals surface area (Å²) in [6.45, 7) is 2.67. The van der Waals surface area contributed by atoms with Crippen molar-refractivity contribution in [3.63, 3.8) is 0 Å². The van der Waals surface area contributed by atoms with Crippen LogP contribution in [0.5, 0.6) is 0 Å². The van der Waals surface area contributed by atoms with Crippen molar-refractivity contribution in [3.05, 3.63) is 59.7 Å². The van der Waals surface area contributed by atoms with Crippen molar-refractivity contribution < 1.29 is 24.2 Å². The Bertz CT molecular complexity index is 1060. The molecular weight excluding hydrogens is 420 g/mol. The molecule has 2 fully saturated rings. The quantitative estimate of drug-likeness (QED) is 0.728. The molecule has 1 heterocycles. The van der Waals surface area contributed by atoms with Gasteiger partial charge in [0.2, 0.25) is 5.91 Å². The monoisotopic (exact) mass is 448 g/mol. The van der Waals surface area contributed by atoms with Crippen LogP contribution >= 0.6 is 0 Å². The molecule has 3 aliphatic rings. The van der Waals surface area contributed by atoms with Gasteiger partial charge in [0.05, 0.1) is 5.41 Å². The highest BCUT2D eigenvalue weighted by Gasteiger charge is 2.45. The Morgan fingerprint density at radius 1 is 1.06 bits per heavy atom. The van der Waals surface area contributed by atoms with E-state index in [0.29, 0.717) is 25.8 Å². The molecule has 172 valence electrons. The van der Waals surface area contributed by atoms with Gasteiger partial charge in [-0.25, -0.2) is 4.79 Å². The van der Waals surface area contributed by atoms with Crippen LogP contribution in [0.2, 0.25) is 0 Å². The maximum absolute atomic E-state index is 12.7. The average molecular weight is 449 g/mol. The topological polar surface area (TPSA) is 95.9 Å². The van der Waals surface area contributed by atoms with Crippen LogP contribution in [0.3, 0.4) is 0 Å². The number of ether oxygens (including phenoxy) is 1. The van der Waals surface area contributed by atoms with E-state index in [1.54, 1.807) is 11.8 Å². The normalized spacial score (nSPS) is 25.7. The fourth-order valence-electron chi connectivity index (χ4n) is 5.33. The van der Waals surface area contributed by atoms with Crippen LogP contribution in [0.25, 0.3) is 11.1 Å². The molecule has 2 aromatic rings. The van der Waals surface area contributed by atoms with Gasteiger partial charge in [-0.3, -0.25) is 9.59 Å². The van der Waals surface area contributed by atoms with E-state index in [9.17, 15) is 19.5 Å². The molecule has 1 unspecified atom stereocenters. The summed E-state index contributed by atoms with van der Waals surface area (Å²) < 4.78 is 5.58. The Hall–Kier alpha value is -3.35. The van der Waals surface area contributed by atoms with Gasteiger partial charge in [0, 0.05) is 31.0 Å². The maximum Gasteiger partial charge on any atom is 0.407 e. The Balaban J connectivity index is 1.11. The predicted octanol–water partition coefficient (Wildman–Crippen LogP) is 3.63. The number of nitrogens with zero attached hydrogens (tertiary/aromatic N) is 1. The number of carboxylic acid groups (broad SMARTS) is 1. The number of aliphatic carboxylic acids is 1. The predicted molar refractivity (Wildman–Crippen MR) is 122 cm³/mol. The number of benzene rings is 2. The van der Waals surface area contributed by atoms with Gasteiger partial charge in [-0.15, -0.1) is 0 Å². The van der Waals surface area contributed by atoms with Crippen LogP contribution in [-0.2, 0) is 14.3 Å². The summed E-state index contributed by atoms with van der Waals surface area (Å²) in [7, 11) is 0. The summed E-state index contributed by atoms with van der Waals surface area (Å²) in [4.78, 5) is 38.2. The standard InChI is InChI=1S/C26H28N2O5/c1-26(24(30)31)10-11-28(15-26)23(29)16-12-17(13-16)27-25(32)33-14-22-20-8-4-2-6-18(20)19-7-3-5-9-21(19)22/h2-9,16-17,22H,10-15H2,1H3,(H,27,32)(H,30,31). The lowest BCUT2D eigenvalue weighted by Crippen LogP contribution is -2.50. The minimum atomic E-state index is -0.863. The molecule has 2 amide bonds. The van der Waals surface area contributed by atoms with E-state index >= 15 is 0 Å². The van der Waals surface area contributed by atoms with Crippen LogP contribution in [0, 0.1) is 11.3 Å². The molecule has 0 spiro atoms. The number of rotatable bonds is 5. The second-order valence-electron chi connectivity index (χ2n) is 9.71. The Morgan fingerprint density at radius 3 is 2.24 bits per heavy atom. The zero-order valence-corrected chi connectivity index (χ0v) is 18.6. The SMILES string of the molecule is CC1(C(=O)O)CCN(C(=O)C2CC(NC(=O)OCC3c4ccccc4-c4ccccc43)C2)C1. The molecule has 2 aliphatic carbocycles. The van der Waals surface area contributed by atoms with Crippen molar-refractivity contribution >= 4 is 18.0 Å². The van der Waals surface area contributed by atoms with E-state index in [4.69, 9.17) is 4.74 Å². The van der Waals surface area contributed by atoms with E-state index in [2.05, 4.69) is 29.6 Å². The third kappa shape index (κ3) is 3.86. The fraction of sp³-hybridized carbons (Fsp3) is 0.423. The Kier molecular flexibility index (Phi) is 5.35. The molecular formula is C26H28N2O5. The molecule has 7 nitrogen and oxygen atoms in total. The zero-order valence-electron chi connectivity index (χ0n) is 18.6. The first kappa shape index (κ1) is 21.5. The van der Waals surface area contributed by atoms with Crippen molar-refractivity contribution in [2.24, 2.45) is 11.3 Å². The minimum absolute atomic E-state index is 0.00874. The molecule has 33 heavy (non-hydrogen) atoms. The largest absolute Gasteiger partial charge is 0.481 e. The van der Waals surface area contributed by atoms with Gasteiger partial charge in [0.1, 0.15) is 6.61 Å². The summed E-state index contributed by atoms with van der Waals surface area (Å²) >= 11 is 0. The van der Waals surface area contributed by atoms with E-state index < -0.39 is 17.5 Å². The van der Waals surface area contributed by atoms with E-state index in [1.807, 2.05) is 24.3 Å². The molecule has 2 aromatic carbocycles. The number of nitrogens with one attached hydrogen (secondary N) is 1. The summed E-state index contributed by atoms with van der Waals surface area (Å²) in [5.74, 6) is -1.02. The van der Waals surface area contributed by atoms with Gasteiger partial charge < -0.3 is 20.1 Å². The molecule has 2 N–H and O–H groups in total. The first-order valence-corrected chi connectivity index (χ1v) is 11.5. The first-order valence-electron chi connectivity index (χ1n) is 11.5. The van der Waals surface area contributed by atoms with Gasteiger partial charge in [0.25, 0.3) is 0 Å². The lowest BCUT2D eigenvalue weighted by atomic mass is 9.79. The highest BCUT2D eigenvalue weighted by molar-refractivity contribution is 5.83. The average Bonchev–Trinajstić information content (AvgIpc) is 3.34. The number of amides is 2. The summed E-state index contributed by atoms with van der Waals surface area (Å²) in [5.41, 5.74) is 3.84. The third-order valence-electron chi connectivity index (χ3n) is 7.45. The lowest BCUT2D eigenvalue weighted by molar-refractivity contribution is -0.148. The van der Waals surface area contributed by atoms with E-state index in [0.717, 1.165) is 0 Å². The maximum atomic E-state index is 12.7. The van der Waals surface area contributed by atoms with Crippen LogP contribution in [0.15, 0.2) is 48.5 Å². The van der Waals surface area contributed by atoms with E-state index in [1.165, 1.54) is 22.3 Å². The second-order valence-corrected chi connectivity index (χ2v) is 9.71. The zero-order chi connectivity index (χ0) is 23.2. The summed E-state index contributed by atoms with van der Waals surface area (Å²) in [5, 5.41) is 12.2. The van der Waals surface area contributed by atoms with Crippen molar-refractivity contribution in [2.75, 3.05) is 19.7 Å². The van der Waals surface area contributed by atoms with Crippen molar-refractivity contribution in [1.29, 1.82) is 0 Å². The van der Waals surface area contributed by atoms with E-state index in [-0.39, 0.29) is 36.9 Å². The number of alkyl carbamates (subject to hydrolysis) is 1. The van der Waals surface area contributed by atoms with Gasteiger partial charge >= 0.3 is 12.1 Å². The van der Waals surface area contributed by atoms with Crippen LogP contribution < -0.4 is 5.32 Å². The molecule has 1 saturated heterocycles. The second kappa shape index (κ2) is 8.21. The molecule has 0 bridgehead atoms. The number of likely N-dealkylation sites (tertiary alicyclic amines) is 1. The van der Waals surface area contributed by atoms with Crippen LogP contribution in [0.4, 0.5) is 4.79 Å². The Labute approximate surface area is 192 Å². The van der Waals surface area contributed by atoms with Gasteiger partial charge in [-0.05, 0) is 48.4 Å². The highest BCUT2D eigenvalue weighted by Crippen LogP contribution is 2.44. The fourth-order valence-corrected chi connectivity index (χ4v) is 5.33. The lowest BCUT2D eigenvalue weighted by Gasteiger charge is -2.36. The van der Waals surface area contributed by atoms with Gasteiger partial charge in [0.15, 0.2) is 0 Å². The van der Waals surface area contributed by atoms with Crippen LogP contribution in [-0.4, -0.2) is 53.7 Å². The molecule has 1 aliphatic heterocycles. The molecule has 1 saturated carbocycles. The number of carbonyl (C=O) groups is 3. The van der Waals surface area contributed by atoms with Crippen LogP contribution in [0.1, 0.15) is 43.2 Å². The molecule has 7 heteroatoms. The molecule has 1 atom stereocenters. The van der Waals surface area contributed by atoms with Crippen molar-refractivity contribution in [3.8, 4) is 11.1 Å². The van der Waals surface area contributed by atoms with Gasteiger partial charge in [-0.1, -0.05) is 48.5 Å². The number of hydrogen-bond donors (Lipinski definition) is 2. The summed E-state index contributed by atoms with van der Waals surface area (Å²) in [6.07, 6.45) is 1.13. The highest BCUT2D eigenvalue weighted by atomic mass is 16.5. The summed E-state index contributed by atoms with van der Waals surface area (Å²) in [6, 6.07) is 16.3. The number of fused-ring (bicyclic) bond motifs is 3. The van der Waals surface area contributed by atoms with Crippen molar-refractivity contribution in [2.45, 2.75) is 38.1 Å². The number of carboxylic acids is 1. The Morgan fingerprint density at radius 2 is 1.67 bits per heavy atom. The molecule has 0 radical (unpaired) electrons. The van der Waals surface area contributed by atoms with Gasteiger partial charge in [-0.2, -0.15) is 0 Å². The minimum Gasteiger partial charge on any atom is -0.481 e. The van der Waals surface area contributed by atoms with Crippen molar-refractivity contribution in [1.82, 2.24) is 10.2 Å². The molecule has 0 aromatic heterocycles. The first-order chi connectivity index (χ1) is 15.9. The smallest absolute Gasteiger partial charge is 0.407 e. The third-order valence-corrected chi connectivity index (χ3v) is 7.45.